The first-order valence-corrected chi connectivity index (χ1v) is 23.5. The van der Waals surface area contributed by atoms with Crippen molar-refractivity contribution in [1.82, 2.24) is 0 Å². The minimum atomic E-state index is -0.628. The molecule has 0 amide bonds. The average Bonchev–Trinajstić information content (AvgIpc) is 3.85. The van der Waals surface area contributed by atoms with E-state index in [1.54, 1.807) is 0 Å². The van der Waals surface area contributed by atoms with Gasteiger partial charge in [0.1, 0.15) is 0 Å². The van der Waals surface area contributed by atoms with Crippen molar-refractivity contribution >= 4 is 66.4 Å². The number of hydrogen-bond acceptors (Lipinski definition) is 2. The SMILES string of the molecule is Cc1ccc(C)c(N(c2ccccc2)c2ccc3c4c(c5ccccc5c3c2)-c2c(cc(N(c3ccccc3)c3cc(C)ccc3C)c3ccccc23)C42c3ccccc3-c3ccccc32)c1. The Kier molecular flexibility index (Phi) is 8.73. The summed E-state index contributed by atoms with van der Waals surface area (Å²) in [5.74, 6) is 0. The van der Waals surface area contributed by atoms with Gasteiger partial charge in [-0.2, -0.15) is 0 Å². The lowest BCUT2D eigenvalue weighted by Crippen LogP contribution is -2.26. The van der Waals surface area contributed by atoms with Crippen molar-refractivity contribution in [1.29, 1.82) is 0 Å². The fourth-order valence-electron chi connectivity index (χ4n) is 11.9. The monoisotopic (exact) mass is 856 g/mol. The second-order valence-electron chi connectivity index (χ2n) is 18.7. The zero-order valence-corrected chi connectivity index (χ0v) is 38.2. The quantitative estimate of drug-likeness (QED) is 0.154. The normalized spacial score (nSPS) is 12.9. The summed E-state index contributed by atoms with van der Waals surface area (Å²) >= 11 is 0. The van der Waals surface area contributed by atoms with E-state index in [1.807, 2.05) is 0 Å². The summed E-state index contributed by atoms with van der Waals surface area (Å²) in [7, 11) is 0. The highest BCUT2D eigenvalue weighted by molar-refractivity contribution is 6.24. The second-order valence-corrected chi connectivity index (χ2v) is 18.7. The van der Waals surface area contributed by atoms with Gasteiger partial charge in [0.2, 0.25) is 0 Å². The summed E-state index contributed by atoms with van der Waals surface area (Å²) in [6.07, 6.45) is 0. The van der Waals surface area contributed by atoms with Crippen LogP contribution in [0.25, 0.3) is 54.6 Å². The third kappa shape index (κ3) is 5.63. The summed E-state index contributed by atoms with van der Waals surface area (Å²) < 4.78 is 0. The minimum Gasteiger partial charge on any atom is -0.310 e. The predicted molar refractivity (Wildman–Crippen MR) is 284 cm³/mol. The van der Waals surface area contributed by atoms with Crippen LogP contribution >= 0.6 is 0 Å². The Morgan fingerprint density at radius 1 is 0.299 bits per heavy atom. The molecular formula is C65H48N2. The molecule has 0 fully saturated rings. The maximum absolute atomic E-state index is 2.58. The van der Waals surface area contributed by atoms with E-state index in [1.165, 1.54) is 116 Å². The first-order chi connectivity index (χ1) is 32.9. The van der Waals surface area contributed by atoms with E-state index in [-0.39, 0.29) is 0 Å². The highest BCUT2D eigenvalue weighted by atomic mass is 15.2. The lowest BCUT2D eigenvalue weighted by Gasteiger charge is -2.34. The van der Waals surface area contributed by atoms with Crippen molar-refractivity contribution in [2.75, 3.05) is 9.80 Å². The molecule has 11 aromatic carbocycles. The first kappa shape index (κ1) is 39.2. The Bertz CT molecular complexity index is 3760. The fourth-order valence-corrected chi connectivity index (χ4v) is 11.9. The molecule has 2 aliphatic carbocycles. The molecule has 0 aliphatic heterocycles. The number of fused-ring (bicyclic) bond motifs is 17. The lowest BCUT2D eigenvalue weighted by molar-refractivity contribution is 0.802. The van der Waals surface area contributed by atoms with Gasteiger partial charge in [-0.25, -0.2) is 0 Å². The van der Waals surface area contributed by atoms with Crippen molar-refractivity contribution in [2.45, 2.75) is 33.1 Å². The van der Waals surface area contributed by atoms with Gasteiger partial charge in [-0.1, -0.05) is 164 Å². The number of nitrogens with zero attached hydrogens (tertiary/aromatic N) is 2. The topological polar surface area (TPSA) is 6.48 Å². The van der Waals surface area contributed by atoms with Crippen molar-refractivity contribution in [3.05, 3.63) is 263 Å². The average molecular weight is 857 g/mol. The van der Waals surface area contributed by atoms with E-state index >= 15 is 0 Å². The summed E-state index contributed by atoms with van der Waals surface area (Å²) in [5, 5.41) is 7.52. The maximum atomic E-state index is 2.58. The number of hydrogen-bond donors (Lipinski definition) is 0. The van der Waals surface area contributed by atoms with Crippen LogP contribution in [-0.2, 0) is 5.41 Å². The molecule has 2 nitrogen and oxygen atoms in total. The van der Waals surface area contributed by atoms with Crippen LogP contribution in [0.3, 0.4) is 0 Å². The Hall–Kier alpha value is -8.20. The van der Waals surface area contributed by atoms with E-state index in [0.717, 1.165) is 17.1 Å². The standard InChI is InChI=1S/C65H48N2/c1-41-31-33-43(3)59(37-41)66(45-19-7-5-8-20-45)47-35-36-54-55(39-47)48-23-11-13-27-52(48)63-62-53-28-14-12-26-51(53)61(67(46-21-9-6-10-22-46)60-38-42(2)32-34-44(60)4)40-58(62)65(64(54)63)56-29-17-15-24-49(56)50-25-16-18-30-57(50)65/h5-40H,1-4H3. The number of rotatable bonds is 6. The summed E-state index contributed by atoms with van der Waals surface area (Å²) in [6, 6.07) is 82.1. The Balaban J connectivity index is 1.20. The number of para-hydroxylation sites is 2. The number of anilines is 6. The zero-order valence-electron chi connectivity index (χ0n) is 38.2. The van der Waals surface area contributed by atoms with Gasteiger partial charge in [-0.05, 0) is 176 Å². The van der Waals surface area contributed by atoms with Crippen LogP contribution in [0.1, 0.15) is 44.5 Å². The highest BCUT2D eigenvalue weighted by Gasteiger charge is 2.54. The highest BCUT2D eigenvalue weighted by Crippen LogP contribution is 2.67. The molecule has 0 unspecified atom stereocenters. The van der Waals surface area contributed by atoms with Crippen LogP contribution in [0.2, 0.25) is 0 Å². The summed E-state index contributed by atoms with van der Waals surface area (Å²) in [5.41, 5.74) is 21.8. The summed E-state index contributed by atoms with van der Waals surface area (Å²) in [4.78, 5) is 4.96. The minimum absolute atomic E-state index is 0.628. The molecule has 2 aliphatic rings. The van der Waals surface area contributed by atoms with Gasteiger partial charge in [-0.15, -0.1) is 0 Å². The van der Waals surface area contributed by atoms with Gasteiger partial charge in [-0.3, -0.25) is 0 Å². The molecule has 0 saturated heterocycles. The molecule has 2 heteroatoms. The van der Waals surface area contributed by atoms with Gasteiger partial charge in [0.05, 0.1) is 11.1 Å². The molecular weight excluding hydrogens is 809 g/mol. The molecule has 67 heavy (non-hydrogen) atoms. The molecule has 0 radical (unpaired) electrons. The van der Waals surface area contributed by atoms with Crippen LogP contribution in [0.4, 0.5) is 34.1 Å². The first-order valence-electron chi connectivity index (χ1n) is 23.5. The molecule has 11 aromatic rings. The third-order valence-corrected chi connectivity index (χ3v) is 14.8. The van der Waals surface area contributed by atoms with Gasteiger partial charge in [0, 0.05) is 33.8 Å². The van der Waals surface area contributed by atoms with E-state index in [4.69, 9.17) is 0 Å². The maximum Gasteiger partial charge on any atom is 0.0732 e. The van der Waals surface area contributed by atoms with Crippen molar-refractivity contribution < 1.29 is 0 Å². The lowest BCUT2D eigenvalue weighted by atomic mass is 9.69. The smallest absolute Gasteiger partial charge is 0.0732 e. The molecule has 1 spiro atoms. The van der Waals surface area contributed by atoms with Gasteiger partial charge in [0.25, 0.3) is 0 Å². The van der Waals surface area contributed by atoms with E-state index in [2.05, 4.69) is 256 Å². The van der Waals surface area contributed by atoms with E-state index in [0.29, 0.717) is 0 Å². The molecule has 0 aromatic heterocycles. The van der Waals surface area contributed by atoms with Crippen molar-refractivity contribution in [3.63, 3.8) is 0 Å². The number of benzene rings is 11. The Morgan fingerprint density at radius 2 is 0.791 bits per heavy atom. The Labute approximate surface area is 392 Å². The van der Waals surface area contributed by atoms with Crippen LogP contribution in [-0.4, -0.2) is 0 Å². The van der Waals surface area contributed by atoms with Gasteiger partial charge in [0.15, 0.2) is 0 Å². The Morgan fingerprint density at radius 3 is 1.40 bits per heavy atom. The van der Waals surface area contributed by atoms with Gasteiger partial charge >= 0.3 is 0 Å². The largest absolute Gasteiger partial charge is 0.310 e. The fraction of sp³-hybridized carbons (Fsp3) is 0.0769. The molecule has 0 atom stereocenters. The third-order valence-electron chi connectivity index (χ3n) is 14.8. The van der Waals surface area contributed by atoms with E-state index < -0.39 is 5.41 Å². The van der Waals surface area contributed by atoms with Crippen LogP contribution < -0.4 is 9.80 Å². The molecule has 0 bridgehead atoms. The molecule has 318 valence electrons. The molecule has 0 N–H and O–H groups in total. The van der Waals surface area contributed by atoms with Crippen LogP contribution in [0, 0.1) is 27.7 Å². The molecule has 13 rings (SSSR count). The molecule has 0 saturated carbocycles. The van der Waals surface area contributed by atoms with Crippen molar-refractivity contribution in [2.24, 2.45) is 0 Å². The van der Waals surface area contributed by atoms with E-state index in [9.17, 15) is 0 Å². The van der Waals surface area contributed by atoms with Crippen LogP contribution in [0.5, 0.6) is 0 Å². The van der Waals surface area contributed by atoms with Crippen molar-refractivity contribution in [3.8, 4) is 22.3 Å². The predicted octanol–water partition coefficient (Wildman–Crippen LogP) is 17.7. The summed E-state index contributed by atoms with van der Waals surface area (Å²) in [6.45, 7) is 8.86. The van der Waals surface area contributed by atoms with Gasteiger partial charge < -0.3 is 9.80 Å². The zero-order chi connectivity index (χ0) is 45.0. The number of aryl methyl sites for hydroxylation is 4. The second kappa shape index (κ2) is 14.9. The molecule has 0 heterocycles. The van der Waals surface area contributed by atoms with Crippen LogP contribution in [0.15, 0.2) is 218 Å².